The van der Waals surface area contributed by atoms with E-state index in [0.717, 1.165) is 18.0 Å². The van der Waals surface area contributed by atoms with Crippen LogP contribution in [0.15, 0.2) is 0 Å². The maximum atomic E-state index is 2.60. The summed E-state index contributed by atoms with van der Waals surface area (Å²) in [5.74, 6) is 0.831. The van der Waals surface area contributed by atoms with Gasteiger partial charge in [-0.05, 0) is 38.1 Å². The van der Waals surface area contributed by atoms with Crippen molar-refractivity contribution in [3.05, 3.63) is 0 Å². The van der Waals surface area contributed by atoms with Crippen molar-refractivity contribution in [1.29, 1.82) is 0 Å². The van der Waals surface area contributed by atoms with Crippen LogP contribution in [0.4, 0.5) is 0 Å². The minimum Gasteiger partial charge on any atom is -0.300 e. The molecule has 1 aliphatic rings. The molecule has 0 spiro atoms. The van der Waals surface area contributed by atoms with Crippen LogP contribution in [0, 0.1) is 11.3 Å². The zero-order valence-corrected chi connectivity index (χ0v) is 10.8. The maximum Gasteiger partial charge on any atom is 0.0149 e. The van der Waals surface area contributed by atoms with E-state index in [2.05, 4.69) is 46.6 Å². The average Bonchev–Trinajstić information content (AvgIpc) is 2.30. The fourth-order valence-electron chi connectivity index (χ4n) is 3.64. The molecule has 4 atom stereocenters. The Hall–Kier alpha value is -0.0400. The summed E-state index contributed by atoms with van der Waals surface area (Å²) < 4.78 is 0. The molecule has 1 nitrogen and oxygen atoms in total. The van der Waals surface area contributed by atoms with Crippen molar-refractivity contribution in [2.45, 2.75) is 66.0 Å². The normalized spacial score (nSPS) is 44.6. The quantitative estimate of drug-likeness (QED) is 0.669. The minimum absolute atomic E-state index is 0.539. The van der Waals surface area contributed by atoms with Gasteiger partial charge in [0.1, 0.15) is 0 Å². The van der Waals surface area contributed by atoms with E-state index in [1.54, 1.807) is 0 Å². The van der Waals surface area contributed by atoms with Crippen LogP contribution in [-0.4, -0.2) is 24.0 Å². The predicted molar refractivity (Wildman–Crippen MR) is 63.5 cm³/mol. The topological polar surface area (TPSA) is 3.24 Å². The Morgan fingerprint density at radius 3 is 2.21 bits per heavy atom. The van der Waals surface area contributed by atoms with Crippen molar-refractivity contribution in [2.75, 3.05) is 7.05 Å². The fraction of sp³-hybridized carbons (Fsp3) is 1.00. The van der Waals surface area contributed by atoms with Gasteiger partial charge in [0, 0.05) is 12.1 Å². The molecule has 1 rings (SSSR count). The van der Waals surface area contributed by atoms with Crippen LogP contribution < -0.4 is 0 Å². The standard InChI is InChI=1S/C13H27N/c1-7-9-13(5)10(3)11(4)14(6)12(13)8-2/h10-12H,7-9H2,1-6H3. The van der Waals surface area contributed by atoms with Crippen molar-refractivity contribution in [3.8, 4) is 0 Å². The number of nitrogens with zero attached hydrogens (tertiary/aromatic N) is 1. The van der Waals surface area contributed by atoms with Gasteiger partial charge in [0.15, 0.2) is 0 Å². The summed E-state index contributed by atoms with van der Waals surface area (Å²) in [5, 5.41) is 0. The van der Waals surface area contributed by atoms with Crippen LogP contribution in [0.2, 0.25) is 0 Å². The molecular formula is C13H27N. The van der Waals surface area contributed by atoms with Gasteiger partial charge in [0.2, 0.25) is 0 Å². The highest BCUT2D eigenvalue weighted by molar-refractivity contribution is 5.02. The first-order chi connectivity index (χ1) is 6.49. The molecule has 1 heteroatoms. The summed E-state index contributed by atoms with van der Waals surface area (Å²) >= 11 is 0. The third kappa shape index (κ3) is 1.60. The molecular weight excluding hydrogens is 170 g/mol. The van der Waals surface area contributed by atoms with E-state index < -0.39 is 0 Å². The van der Waals surface area contributed by atoms with E-state index in [0.29, 0.717) is 5.41 Å². The highest BCUT2D eigenvalue weighted by Gasteiger charge is 2.49. The lowest BCUT2D eigenvalue weighted by atomic mass is 9.70. The number of likely N-dealkylation sites (tertiary alicyclic amines) is 1. The van der Waals surface area contributed by atoms with Gasteiger partial charge in [-0.25, -0.2) is 0 Å². The lowest BCUT2D eigenvalue weighted by molar-refractivity contribution is 0.150. The lowest BCUT2D eigenvalue weighted by Gasteiger charge is -2.35. The number of hydrogen-bond acceptors (Lipinski definition) is 1. The van der Waals surface area contributed by atoms with Gasteiger partial charge in [-0.3, -0.25) is 4.90 Å². The van der Waals surface area contributed by atoms with Crippen molar-refractivity contribution in [1.82, 2.24) is 4.90 Å². The Morgan fingerprint density at radius 2 is 1.79 bits per heavy atom. The van der Waals surface area contributed by atoms with E-state index in [-0.39, 0.29) is 0 Å². The maximum absolute atomic E-state index is 2.60. The molecule has 14 heavy (non-hydrogen) atoms. The molecule has 0 N–H and O–H groups in total. The minimum atomic E-state index is 0.539. The van der Waals surface area contributed by atoms with Crippen molar-refractivity contribution in [2.24, 2.45) is 11.3 Å². The van der Waals surface area contributed by atoms with Crippen molar-refractivity contribution >= 4 is 0 Å². The van der Waals surface area contributed by atoms with Gasteiger partial charge >= 0.3 is 0 Å². The number of hydrogen-bond donors (Lipinski definition) is 0. The second kappa shape index (κ2) is 4.22. The molecule has 0 aliphatic carbocycles. The Kier molecular flexibility index (Phi) is 3.63. The number of rotatable bonds is 3. The first-order valence-corrected chi connectivity index (χ1v) is 6.21. The monoisotopic (exact) mass is 197 g/mol. The van der Waals surface area contributed by atoms with Crippen molar-refractivity contribution < 1.29 is 0 Å². The Balaban J connectivity index is 2.90. The molecule has 0 bridgehead atoms. The van der Waals surface area contributed by atoms with Crippen LogP contribution >= 0.6 is 0 Å². The smallest absolute Gasteiger partial charge is 0.0149 e. The Labute approximate surface area is 89.9 Å². The van der Waals surface area contributed by atoms with Gasteiger partial charge in [-0.15, -0.1) is 0 Å². The third-order valence-electron chi connectivity index (χ3n) is 4.83. The summed E-state index contributed by atoms with van der Waals surface area (Å²) in [6, 6.07) is 1.53. The SMILES string of the molecule is CCCC1(C)C(C)C(C)N(C)C1CC. The summed E-state index contributed by atoms with van der Waals surface area (Å²) in [6.45, 7) is 12.0. The molecule has 1 fully saturated rings. The van der Waals surface area contributed by atoms with Gasteiger partial charge in [-0.2, -0.15) is 0 Å². The van der Waals surface area contributed by atoms with E-state index in [1.807, 2.05) is 0 Å². The molecule has 1 saturated heterocycles. The molecule has 4 unspecified atom stereocenters. The van der Waals surface area contributed by atoms with Gasteiger partial charge in [0.05, 0.1) is 0 Å². The van der Waals surface area contributed by atoms with Crippen LogP contribution in [0.5, 0.6) is 0 Å². The molecule has 0 saturated carbocycles. The molecule has 84 valence electrons. The van der Waals surface area contributed by atoms with Crippen LogP contribution in [-0.2, 0) is 0 Å². The highest BCUT2D eigenvalue weighted by atomic mass is 15.2. The lowest BCUT2D eigenvalue weighted by Crippen LogP contribution is -2.37. The molecule has 1 heterocycles. The summed E-state index contributed by atoms with van der Waals surface area (Å²) in [4.78, 5) is 2.60. The molecule has 0 amide bonds. The highest BCUT2D eigenvalue weighted by Crippen LogP contribution is 2.48. The van der Waals surface area contributed by atoms with Crippen molar-refractivity contribution in [3.63, 3.8) is 0 Å². The summed E-state index contributed by atoms with van der Waals surface area (Å²) in [7, 11) is 2.30. The van der Waals surface area contributed by atoms with Crippen LogP contribution in [0.25, 0.3) is 0 Å². The second-order valence-electron chi connectivity index (χ2n) is 5.37. The molecule has 0 aromatic carbocycles. The van der Waals surface area contributed by atoms with Gasteiger partial charge in [-0.1, -0.05) is 34.1 Å². The zero-order valence-electron chi connectivity index (χ0n) is 10.8. The van der Waals surface area contributed by atoms with Crippen LogP contribution in [0.1, 0.15) is 53.9 Å². The molecule has 0 radical (unpaired) electrons. The first kappa shape index (κ1) is 12.0. The Morgan fingerprint density at radius 1 is 1.21 bits per heavy atom. The molecule has 1 aliphatic heterocycles. The van der Waals surface area contributed by atoms with Gasteiger partial charge < -0.3 is 0 Å². The molecule has 0 aromatic heterocycles. The van der Waals surface area contributed by atoms with E-state index in [1.165, 1.54) is 19.3 Å². The zero-order chi connectivity index (χ0) is 10.9. The van der Waals surface area contributed by atoms with Gasteiger partial charge in [0.25, 0.3) is 0 Å². The fourth-order valence-corrected chi connectivity index (χ4v) is 3.64. The second-order valence-corrected chi connectivity index (χ2v) is 5.37. The van der Waals surface area contributed by atoms with Crippen LogP contribution in [0.3, 0.4) is 0 Å². The summed E-state index contributed by atoms with van der Waals surface area (Å²) in [6.07, 6.45) is 3.99. The Bertz CT molecular complexity index is 190. The first-order valence-electron chi connectivity index (χ1n) is 6.21. The van der Waals surface area contributed by atoms with E-state index in [4.69, 9.17) is 0 Å². The average molecular weight is 197 g/mol. The van der Waals surface area contributed by atoms with E-state index >= 15 is 0 Å². The molecule has 0 aromatic rings. The van der Waals surface area contributed by atoms with E-state index in [9.17, 15) is 0 Å². The predicted octanol–water partition coefficient (Wildman–Crippen LogP) is 3.54. The largest absolute Gasteiger partial charge is 0.300 e. The summed E-state index contributed by atoms with van der Waals surface area (Å²) in [5.41, 5.74) is 0.539. The third-order valence-corrected chi connectivity index (χ3v) is 4.83.